The number of fused-ring (bicyclic) bond motifs is 1. The monoisotopic (exact) mass is 407 g/mol. The molecule has 2 aromatic rings. The molecule has 5 nitrogen and oxygen atoms in total. The van der Waals surface area contributed by atoms with Gasteiger partial charge in [-0.15, -0.1) is 0 Å². The zero-order chi connectivity index (χ0) is 17.6. The van der Waals surface area contributed by atoms with Crippen LogP contribution in [0.3, 0.4) is 0 Å². The number of nitrogens with one attached hydrogen (secondary N) is 1. The summed E-state index contributed by atoms with van der Waals surface area (Å²) in [4.78, 5) is 0. The Balaban J connectivity index is 1.69. The highest BCUT2D eigenvalue weighted by molar-refractivity contribution is 9.10. The largest absolute Gasteiger partial charge is 0.493 e. The lowest BCUT2D eigenvalue weighted by atomic mass is 10.1. The zero-order valence-electron chi connectivity index (χ0n) is 14.4. The van der Waals surface area contributed by atoms with Crippen LogP contribution in [0.2, 0.25) is 0 Å². The summed E-state index contributed by atoms with van der Waals surface area (Å²) < 4.78 is 23.1. The van der Waals surface area contributed by atoms with Crippen LogP contribution in [0, 0.1) is 0 Å². The average molecular weight is 408 g/mol. The molecule has 0 amide bonds. The molecule has 0 aromatic heterocycles. The zero-order valence-corrected chi connectivity index (χ0v) is 16.0. The lowest BCUT2D eigenvalue weighted by Crippen LogP contribution is -2.14. The number of ether oxygens (including phenoxy) is 4. The summed E-state index contributed by atoms with van der Waals surface area (Å²) in [5.41, 5.74) is 2.19. The first kappa shape index (κ1) is 17.9. The third kappa shape index (κ3) is 4.19. The van der Waals surface area contributed by atoms with E-state index in [-0.39, 0.29) is 0 Å². The van der Waals surface area contributed by atoms with Crippen molar-refractivity contribution >= 4 is 15.9 Å². The Kier molecular flexibility index (Phi) is 6.04. The van der Waals surface area contributed by atoms with E-state index in [4.69, 9.17) is 18.9 Å². The van der Waals surface area contributed by atoms with E-state index in [2.05, 4.69) is 28.2 Å². The Labute approximate surface area is 156 Å². The van der Waals surface area contributed by atoms with E-state index in [9.17, 15) is 0 Å². The maximum absolute atomic E-state index is 5.92. The van der Waals surface area contributed by atoms with Crippen LogP contribution < -0.4 is 24.3 Å². The molecule has 1 aliphatic heterocycles. The van der Waals surface area contributed by atoms with Crippen LogP contribution in [-0.2, 0) is 13.1 Å². The van der Waals surface area contributed by atoms with Gasteiger partial charge in [-0.2, -0.15) is 0 Å². The third-order valence-electron chi connectivity index (χ3n) is 3.91. The molecule has 0 saturated carbocycles. The van der Waals surface area contributed by atoms with E-state index in [0.717, 1.165) is 45.0 Å². The lowest BCUT2D eigenvalue weighted by molar-refractivity contribution is 0.174. The van der Waals surface area contributed by atoms with E-state index in [0.29, 0.717) is 26.5 Å². The minimum Gasteiger partial charge on any atom is -0.493 e. The molecule has 2 aromatic carbocycles. The van der Waals surface area contributed by atoms with Crippen molar-refractivity contribution in [2.24, 2.45) is 0 Å². The molecular formula is C19H22BrNO4. The molecule has 0 fully saturated rings. The minimum absolute atomic E-state index is 0.293. The van der Waals surface area contributed by atoms with Crippen LogP contribution in [0.25, 0.3) is 0 Å². The normalized spacial score (nSPS) is 12.3. The molecule has 0 atom stereocenters. The summed E-state index contributed by atoms with van der Waals surface area (Å²) in [5.74, 6) is 3.14. The molecule has 25 heavy (non-hydrogen) atoms. The predicted molar refractivity (Wildman–Crippen MR) is 99.6 cm³/mol. The Hall–Kier alpha value is -1.92. The highest BCUT2D eigenvalue weighted by Gasteiger charge is 2.15. The van der Waals surface area contributed by atoms with Crippen LogP contribution in [0.4, 0.5) is 0 Å². The SMILES string of the molecule is CCCOc1c(OC)ccc(Br)c1CNCc1ccc2c(c1)OCO2. The van der Waals surface area contributed by atoms with Crippen LogP contribution in [0.1, 0.15) is 24.5 Å². The van der Waals surface area contributed by atoms with Gasteiger partial charge in [0.1, 0.15) is 0 Å². The number of rotatable bonds is 8. The third-order valence-corrected chi connectivity index (χ3v) is 4.65. The highest BCUT2D eigenvalue weighted by Crippen LogP contribution is 2.36. The van der Waals surface area contributed by atoms with Gasteiger partial charge >= 0.3 is 0 Å². The van der Waals surface area contributed by atoms with Crippen molar-refractivity contribution in [1.29, 1.82) is 0 Å². The van der Waals surface area contributed by atoms with Gasteiger partial charge in [0.25, 0.3) is 0 Å². The molecule has 0 unspecified atom stereocenters. The van der Waals surface area contributed by atoms with Gasteiger partial charge in [0.15, 0.2) is 23.0 Å². The number of hydrogen-bond donors (Lipinski definition) is 1. The van der Waals surface area contributed by atoms with Gasteiger partial charge < -0.3 is 24.3 Å². The van der Waals surface area contributed by atoms with Gasteiger partial charge in [0.05, 0.1) is 13.7 Å². The standard InChI is InChI=1S/C19H22BrNO4/c1-3-8-23-19-14(15(20)5-7-17(19)22-2)11-21-10-13-4-6-16-18(9-13)25-12-24-16/h4-7,9,21H,3,8,10-12H2,1-2H3. The Morgan fingerprint density at radius 2 is 1.96 bits per heavy atom. The maximum atomic E-state index is 5.92. The summed E-state index contributed by atoms with van der Waals surface area (Å²) in [5, 5.41) is 3.46. The van der Waals surface area contributed by atoms with Crippen molar-refractivity contribution in [3.63, 3.8) is 0 Å². The second-order valence-corrected chi connectivity index (χ2v) is 6.55. The molecule has 3 rings (SSSR count). The van der Waals surface area contributed by atoms with Crippen LogP contribution in [0.5, 0.6) is 23.0 Å². The first-order chi connectivity index (χ1) is 12.2. The lowest BCUT2D eigenvalue weighted by Gasteiger charge is -2.17. The van der Waals surface area contributed by atoms with Crippen molar-refractivity contribution in [2.75, 3.05) is 20.5 Å². The van der Waals surface area contributed by atoms with E-state index in [1.165, 1.54) is 0 Å². The second-order valence-electron chi connectivity index (χ2n) is 5.70. The fraction of sp³-hybridized carbons (Fsp3) is 0.368. The van der Waals surface area contributed by atoms with Gasteiger partial charge in [-0.25, -0.2) is 0 Å². The average Bonchev–Trinajstić information content (AvgIpc) is 3.09. The number of methoxy groups -OCH3 is 1. The Bertz CT molecular complexity index is 736. The van der Waals surface area contributed by atoms with Crippen molar-refractivity contribution in [1.82, 2.24) is 5.32 Å². The number of benzene rings is 2. The quantitative estimate of drug-likeness (QED) is 0.707. The molecule has 0 aliphatic carbocycles. The summed E-state index contributed by atoms with van der Waals surface area (Å²) in [6.45, 7) is 4.41. The topological polar surface area (TPSA) is 49.0 Å². The van der Waals surface area contributed by atoms with Gasteiger partial charge in [-0.1, -0.05) is 28.9 Å². The van der Waals surface area contributed by atoms with Gasteiger partial charge in [-0.05, 0) is 36.2 Å². The van der Waals surface area contributed by atoms with Crippen LogP contribution >= 0.6 is 15.9 Å². The number of halogens is 1. The predicted octanol–water partition coefficient (Wildman–Crippen LogP) is 4.27. The first-order valence-electron chi connectivity index (χ1n) is 8.30. The van der Waals surface area contributed by atoms with E-state index in [1.54, 1.807) is 7.11 Å². The van der Waals surface area contributed by atoms with Gasteiger partial charge in [0, 0.05) is 23.1 Å². The van der Waals surface area contributed by atoms with Gasteiger partial charge in [0.2, 0.25) is 6.79 Å². The molecule has 134 valence electrons. The second kappa shape index (κ2) is 8.45. The molecule has 1 aliphatic rings. The molecule has 0 spiro atoms. The maximum Gasteiger partial charge on any atom is 0.231 e. The van der Waals surface area contributed by atoms with Gasteiger partial charge in [-0.3, -0.25) is 0 Å². The molecular weight excluding hydrogens is 386 g/mol. The fourth-order valence-electron chi connectivity index (χ4n) is 2.65. The molecule has 0 bridgehead atoms. The summed E-state index contributed by atoms with van der Waals surface area (Å²) in [6, 6.07) is 9.88. The molecule has 1 heterocycles. The van der Waals surface area contributed by atoms with Crippen molar-refractivity contribution in [2.45, 2.75) is 26.4 Å². The van der Waals surface area contributed by atoms with E-state index >= 15 is 0 Å². The van der Waals surface area contributed by atoms with E-state index < -0.39 is 0 Å². The fourth-order valence-corrected chi connectivity index (χ4v) is 3.11. The van der Waals surface area contributed by atoms with Crippen LogP contribution in [0.15, 0.2) is 34.8 Å². The number of hydrogen-bond acceptors (Lipinski definition) is 5. The van der Waals surface area contributed by atoms with Crippen molar-refractivity contribution in [3.05, 3.63) is 45.9 Å². The van der Waals surface area contributed by atoms with Crippen LogP contribution in [-0.4, -0.2) is 20.5 Å². The smallest absolute Gasteiger partial charge is 0.231 e. The summed E-state index contributed by atoms with van der Waals surface area (Å²) in [6.07, 6.45) is 0.944. The summed E-state index contributed by atoms with van der Waals surface area (Å²) in [7, 11) is 1.66. The molecule has 1 N–H and O–H groups in total. The Morgan fingerprint density at radius 3 is 2.76 bits per heavy atom. The van der Waals surface area contributed by atoms with Crippen molar-refractivity contribution in [3.8, 4) is 23.0 Å². The summed E-state index contributed by atoms with van der Waals surface area (Å²) >= 11 is 3.62. The molecule has 6 heteroatoms. The van der Waals surface area contributed by atoms with E-state index in [1.807, 2.05) is 30.3 Å². The first-order valence-corrected chi connectivity index (χ1v) is 9.09. The molecule has 0 radical (unpaired) electrons. The Morgan fingerprint density at radius 1 is 1.12 bits per heavy atom. The minimum atomic E-state index is 0.293. The highest BCUT2D eigenvalue weighted by atomic mass is 79.9. The van der Waals surface area contributed by atoms with Crippen molar-refractivity contribution < 1.29 is 18.9 Å². The molecule has 0 saturated heterocycles.